The van der Waals surface area contributed by atoms with E-state index in [9.17, 15) is 19.1 Å². The van der Waals surface area contributed by atoms with Gasteiger partial charge in [0, 0.05) is 18.0 Å². The number of carbonyl (C=O) groups excluding carboxylic acids is 2. The van der Waals surface area contributed by atoms with Gasteiger partial charge in [0.1, 0.15) is 18.0 Å². The number of benzene rings is 1. The van der Waals surface area contributed by atoms with Crippen molar-refractivity contribution in [1.82, 2.24) is 10.2 Å². The molecule has 1 aromatic rings. The fourth-order valence-corrected chi connectivity index (χ4v) is 6.67. The number of alkyl halides is 1. The number of hydrogen-bond donors (Lipinski definition) is 2. The normalized spacial score (nSPS) is 38.5. The van der Waals surface area contributed by atoms with Crippen LogP contribution in [0.3, 0.4) is 0 Å². The molecule has 29 heavy (non-hydrogen) atoms. The number of nitrogens with one attached hydrogen (secondary N) is 1. The smallest absolute Gasteiger partial charge is 0.228 e. The zero-order valence-electron chi connectivity index (χ0n) is 16.7. The largest absolute Gasteiger partial charge is 0.497 e. The Morgan fingerprint density at radius 2 is 2.14 bits per heavy atom. The molecule has 1 aromatic carbocycles. The van der Waals surface area contributed by atoms with E-state index in [4.69, 9.17) is 4.74 Å². The maximum atomic E-state index is 13.2. The molecular formula is C22H27FN2O4. The molecule has 6 nitrogen and oxygen atoms in total. The van der Waals surface area contributed by atoms with Crippen LogP contribution < -0.4 is 10.1 Å². The molecule has 4 aliphatic rings. The summed E-state index contributed by atoms with van der Waals surface area (Å²) >= 11 is 0. The van der Waals surface area contributed by atoms with E-state index in [0.717, 1.165) is 11.1 Å². The number of ether oxygens (including phenoxy) is 1. The van der Waals surface area contributed by atoms with Crippen molar-refractivity contribution in [3.8, 4) is 5.75 Å². The number of ketones is 1. The third-order valence-electron chi connectivity index (χ3n) is 8.03. The molecule has 5 rings (SSSR count). The molecule has 0 radical (unpaired) electrons. The minimum atomic E-state index is -1.07. The SMILES string of the molecule is COc1ccc2c(c1)[C@]13CCN(CCF)[C@H](C2)[C@]1(O)CC[C@@]1(C3)NC(=O)CC1=O. The second-order valence-corrected chi connectivity index (χ2v) is 9.13. The van der Waals surface area contributed by atoms with E-state index < -0.39 is 23.2 Å². The van der Waals surface area contributed by atoms with Crippen LogP contribution in [0.15, 0.2) is 18.2 Å². The van der Waals surface area contributed by atoms with Gasteiger partial charge >= 0.3 is 0 Å². The van der Waals surface area contributed by atoms with Crippen LogP contribution in [-0.2, 0) is 21.4 Å². The van der Waals surface area contributed by atoms with Gasteiger partial charge in [0.25, 0.3) is 0 Å². The molecule has 2 aliphatic carbocycles. The highest BCUT2D eigenvalue weighted by atomic mass is 19.1. The van der Waals surface area contributed by atoms with Crippen molar-refractivity contribution in [3.05, 3.63) is 29.3 Å². The number of nitrogens with zero attached hydrogens (tertiary/aromatic N) is 1. The van der Waals surface area contributed by atoms with Gasteiger partial charge < -0.3 is 15.2 Å². The average Bonchev–Trinajstić information content (AvgIpc) is 2.97. The molecule has 156 valence electrons. The first-order valence-corrected chi connectivity index (χ1v) is 10.4. The number of methoxy groups -OCH3 is 1. The number of aliphatic hydroxyl groups is 1. The van der Waals surface area contributed by atoms with E-state index in [1.165, 1.54) is 0 Å². The van der Waals surface area contributed by atoms with Gasteiger partial charge in [-0.1, -0.05) is 6.07 Å². The Kier molecular flexibility index (Phi) is 4.10. The first kappa shape index (κ1) is 19.0. The predicted molar refractivity (Wildman–Crippen MR) is 104 cm³/mol. The van der Waals surface area contributed by atoms with E-state index in [-0.39, 0.29) is 24.2 Å². The lowest BCUT2D eigenvalue weighted by molar-refractivity contribution is -0.180. The van der Waals surface area contributed by atoms with Crippen molar-refractivity contribution in [2.45, 2.75) is 61.1 Å². The molecular weight excluding hydrogens is 375 g/mol. The summed E-state index contributed by atoms with van der Waals surface area (Å²) in [4.78, 5) is 27.0. The number of fused-ring (bicyclic) bond motifs is 1. The van der Waals surface area contributed by atoms with Gasteiger partial charge in [-0.2, -0.15) is 0 Å². The second kappa shape index (κ2) is 6.25. The first-order chi connectivity index (χ1) is 13.9. The molecule has 0 aromatic heterocycles. The Morgan fingerprint density at radius 3 is 2.83 bits per heavy atom. The van der Waals surface area contributed by atoms with E-state index in [1.54, 1.807) is 7.11 Å². The van der Waals surface area contributed by atoms with Gasteiger partial charge in [-0.15, -0.1) is 0 Å². The zero-order chi connectivity index (χ0) is 20.4. The lowest BCUT2D eigenvalue weighted by Gasteiger charge is -2.66. The summed E-state index contributed by atoms with van der Waals surface area (Å²) in [6.07, 6.45) is 2.40. The summed E-state index contributed by atoms with van der Waals surface area (Å²) in [5.41, 5.74) is -0.522. The van der Waals surface area contributed by atoms with E-state index in [0.29, 0.717) is 50.9 Å². The van der Waals surface area contributed by atoms with Crippen molar-refractivity contribution < 1.29 is 23.8 Å². The standard InChI is InChI=1S/C22H27FN2O4/c1-29-15-3-2-14-10-17-22(28)5-4-21(18(26)12-19(27)24-21)13-20(22,16(14)11-15)6-8-25(17)9-7-23/h2-3,11,17,28H,4-10,12-13H2,1H3,(H,24,27)/t17-,20-,21+,22-/m1/s1. The molecule has 2 bridgehead atoms. The second-order valence-electron chi connectivity index (χ2n) is 9.13. The number of hydrogen-bond acceptors (Lipinski definition) is 5. The molecule has 0 unspecified atom stereocenters. The molecule has 3 fully saturated rings. The van der Waals surface area contributed by atoms with Crippen LogP contribution in [0.1, 0.15) is 43.2 Å². The van der Waals surface area contributed by atoms with Crippen molar-refractivity contribution >= 4 is 11.7 Å². The topological polar surface area (TPSA) is 78.9 Å². The number of amides is 1. The Balaban J connectivity index is 1.68. The summed E-state index contributed by atoms with van der Waals surface area (Å²) in [5, 5.41) is 15.1. The zero-order valence-corrected chi connectivity index (χ0v) is 16.7. The molecule has 7 heteroatoms. The van der Waals surface area contributed by atoms with E-state index in [1.807, 2.05) is 18.2 Å². The van der Waals surface area contributed by atoms with Crippen LogP contribution in [0.5, 0.6) is 5.75 Å². The van der Waals surface area contributed by atoms with E-state index >= 15 is 0 Å². The Bertz CT molecular complexity index is 892. The minimum absolute atomic E-state index is 0.0725. The monoisotopic (exact) mass is 402 g/mol. The van der Waals surface area contributed by atoms with Gasteiger partial charge in [0.15, 0.2) is 5.78 Å². The van der Waals surface area contributed by atoms with Gasteiger partial charge in [-0.25, -0.2) is 4.39 Å². The summed E-state index contributed by atoms with van der Waals surface area (Å²) in [6.45, 7) is 0.509. The molecule has 1 spiro atoms. The average molecular weight is 402 g/mol. The van der Waals surface area contributed by atoms with E-state index in [2.05, 4.69) is 10.2 Å². The van der Waals surface area contributed by atoms with Crippen LogP contribution in [0.4, 0.5) is 4.39 Å². The number of likely N-dealkylation sites (tertiary alicyclic amines) is 1. The molecule has 2 N–H and O–H groups in total. The first-order valence-electron chi connectivity index (χ1n) is 10.4. The molecule has 4 atom stereocenters. The van der Waals surface area contributed by atoms with Gasteiger partial charge in [0.2, 0.25) is 5.91 Å². The van der Waals surface area contributed by atoms with Crippen molar-refractivity contribution in [2.75, 3.05) is 26.9 Å². The summed E-state index contributed by atoms with van der Waals surface area (Å²) in [5.74, 6) is 0.410. The summed E-state index contributed by atoms with van der Waals surface area (Å²) in [6, 6.07) is 5.73. The van der Waals surface area contributed by atoms with Crippen molar-refractivity contribution in [2.24, 2.45) is 0 Å². The maximum Gasteiger partial charge on any atom is 0.228 e. The Hall–Kier alpha value is -1.99. The number of Topliss-reactive ketones (excluding diaryl/α,β-unsaturated/α-hetero) is 1. The lowest BCUT2D eigenvalue weighted by Crippen LogP contribution is -2.76. The van der Waals surface area contributed by atoms with Crippen LogP contribution >= 0.6 is 0 Å². The van der Waals surface area contributed by atoms with Gasteiger partial charge in [-0.3, -0.25) is 14.5 Å². The predicted octanol–water partition coefficient (Wildman–Crippen LogP) is 1.28. The van der Waals surface area contributed by atoms with Crippen molar-refractivity contribution in [1.29, 1.82) is 0 Å². The fraction of sp³-hybridized carbons (Fsp3) is 0.636. The third-order valence-corrected chi connectivity index (χ3v) is 8.03. The molecule has 1 amide bonds. The molecule has 2 aliphatic heterocycles. The maximum absolute atomic E-state index is 13.2. The van der Waals surface area contributed by atoms with Crippen LogP contribution in [-0.4, -0.2) is 65.8 Å². The fourth-order valence-electron chi connectivity index (χ4n) is 6.67. The van der Waals surface area contributed by atoms with Gasteiger partial charge in [-0.05, 0) is 61.9 Å². The van der Waals surface area contributed by atoms with Crippen molar-refractivity contribution in [3.63, 3.8) is 0 Å². The number of halogens is 1. The molecule has 1 saturated carbocycles. The number of carbonyl (C=O) groups is 2. The minimum Gasteiger partial charge on any atom is -0.497 e. The molecule has 2 heterocycles. The Labute approximate surface area is 169 Å². The Morgan fingerprint density at radius 1 is 1.31 bits per heavy atom. The number of piperidine rings is 1. The summed E-state index contributed by atoms with van der Waals surface area (Å²) in [7, 11) is 1.62. The third kappa shape index (κ3) is 2.40. The van der Waals surface area contributed by atoms with Crippen LogP contribution in [0.25, 0.3) is 0 Å². The highest BCUT2D eigenvalue weighted by molar-refractivity contribution is 6.10. The number of rotatable bonds is 3. The quantitative estimate of drug-likeness (QED) is 0.745. The highest BCUT2D eigenvalue weighted by Gasteiger charge is 2.69. The van der Waals surface area contributed by atoms with Crippen LogP contribution in [0.2, 0.25) is 0 Å². The van der Waals surface area contributed by atoms with Gasteiger partial charge in [0.05, 0.1) is 19.1 Å². The molecule has 2 saturated heterocycles. The summed E-state index contributed by atoms with van der Waals surface area (Å²) < 4.78 is 18.7. The lowest BCUT2D eigenvalue weighted by atomic mass is 9.46. The van der Waals surface area contributed by atoms with Crippen LogP contribution in [0, 0.1) is 0 Å². The highest BCUT2D eigenvalue weighted by Crippen LogP contribution is 2.61.